The van der Waals surface area contributed by atoms with Crippen LogP contribution >= 0.6 is 0 Å². The molecule has 1 rings (SSSR count). The molecule has 1 aromatic carbocycles. The van der Waals surface area contributed by atoms with E-state index in [0.29, 0.717) is 18.8 Å². The summed E-state index contributed by atoms with van der Waals surface area (Å²) in [4.78, 5) is 12.2. The summed E-state index contributed by atoms with van der Waals surface area (Å²) in [5, 5.41) is 19.6. The minimum absolute atomic E-state index is 0.0522. The van der Waals surface area contributed by atoms with E-state index in [4.69, 9.17) is 11.0 Å². The molecule has 0 aliphatic carbocycles. The number of nitrogens with zero attached hydrogens (tertiary/aromatic N) is 3. The topological polar surface area (TPSA) is 96.2 Å². The SMILES string of the molecule is CN(CCCN)c1ccc(C#N)cc1[N+](=O)[O-]. The summed E-state index contributed by atoms with van der Waals surface area (Å²) in [6.07, 6.45) is 0.758. The molecule has 0 spiro atoms. The fourth-order valence-electron chi connectivity index (χ4n) is 1.51. The number of hydrogen-bond acceptors (Lipinski definition) is 5. The van der Waals surface area contributed by atoms with Gasteiger partial charge in [0.25, 0.3) is 5.69 Å². The predicted octanol–water partition coefficient (Wildman–Crippen LogP) is 1.25. The lowest BCUT2D eigenvalue weighted by Crippen LogP contribution is -2.21. The molecule has 0 heterocycles. The summed E-state index contributed by atoms with van der Waals surface area (Å²) in [6.45, 7) is 1.18. The van der Waals surface area contributed by atoms with Crippen molar-refractivity contribution >= 4 is 11.4 Å². The van der Waals surface area contributed by atoms with Crippen LogP contribution in [0.15, 0.2) is 18.2 Å². The lowest BCUT2D eigenvalue weighted by atomic mass is 10.1. The summed E-state index contributed by atoms with van der Waals surface area (Å²) in [6, 6.07) is 6.34. The molecular weight excluding hydrogens is 220 g/mol. The third-order valence-corrected chi connectivity index (χ3v) is 2.41. The van der Waals surface area contributed by atoms with Crippen LogP contribution in [0.3, 0.4) is 0 Å². The first-order valence-corrected chi connectivity index (χ1v) is 5.20. The zero-order valence-corrected chi connectivity index (χ0v) is 9.59. The Balaban J connectivity index is 3.06. The summed E-state index contributed by atoms with van der Waals surface area (Å²) in [5.41, 5.74) is 6.13. The molecule has 0 saturated carbocycles. The molecule has 0 fully saturated rings. The third-order valence-electron chi connectivity index (χ3n) is 2.41. The highest BCUT2D eigenvalue weighted by Gasteiger charge is 2.17. The second-order valence-electron chi connectivity index (χ2n) is 3.64. The molecule has 0 unspecified atom stereocenters. The van der Waals surface area contributed by atoms with Crippen LogP contribution in [0, 0.1) is 21.4 Å². The number of nitro groups is 1. The van der Waals surface area contributed by atoms with Crippen molar-refractivity contribution < 1.29 is 4.92 Å². The van der Waals surface area contributed by atoms with E-state index in [1.165, 1.54) is 6.07 Å². The molecule has 0 aromatic heterocycles. The van der Waals surface area contributed by atoms with Crippen molar-refractivity contribution in [2.24, 2.45) is 5.73 Å². The fourth-order valence-corrected chi connectivity index (χ4v) is 1.51. The van der Waals surface area contributed by atoms with Gasteiger partial charge in [0.15, 0.2) is 0 Å². The van der Waals surface area contributed by atoms with Crippen LogP contribution in [0.25, 0.3) is 0 Å². The standard InChI is InChI=1S/C11H14N4O2/c1-14(6-2-5-12)10-4-3-9(8-13)7-11(10)15(16)17/h3-4,7H,2,5-6,12H2,1H3. The largest absolute Gasteiger partial charge is 0.369 e. The van der Waals surface area contributed by atoms with Gasteiger partial charge >= 0.3 is 0 Å². The molecule has 0 aliphatic rings. The highest BCUT2D eigenvalue weighted by molar-refractivity contribution is 5.65. The molecule has 0 saturated heterocycles. The van der Waals surface area contributed by atoms with E-state index < -0.39 is 4.92 Å². The van der Waals surface area contributed by atoms with Crippen LogP contribution in [0.2, 0.25) is 0 Å². The first kappa shape index (κ1) is 12.9. The molecule has 90 valence electrons. The van der Waals surface area contributed by atoms with Crippen LogP contribution in [-0.2, 0) is 0 Å². The van der Waals surface area contributed by atoms with Crippen molar-refractivity contribution in [1.29, 1.82) is 5.26 Å². The van der Waals surface area contributed by atoms with Crippen molar-refractivity contribution in [2.45, 2.75) is 6.42 Å². The van der Waals surface area contributed by atoms with Crippen LogP contribution in [0.4, 0.5) is 11.4 Å². The molecule has 6 nitrogen and oxygen atoms in total. The summed E-state index contributed by atoms with van der Waals surface area (Å²) < 4.78 is 0. The third kappa shape index (κ3) is 3.16. The van der Waals surface area contributed by atoms with Gasteiger partial charge in [0.05, 0.1) is 16.6 Å². The Hall–Kier alpha value is -2.13. The van der Waals surface area contributed by atoms with Crippen LogP contribution in [0.1, 0.15) is 12.0 Å². The second-order valence-corrected chi connectivity index (χ2v) is 3.64. The fraction of sp³-hybridized carbons (Fsp3) is 0.364. The maximum Gasteiger partial charge on any atom is 0.293 e. The van der Waals surface area contributed by atoms with Gasteiger partial charge in [-0.3, -0.25) is 10.1 Å². The van der Waals surface area contributed by atoms with Gasteiger partial charge in [-0.25, -0.2) is 0 Å². The Bertz CT molecular complexity index is 453. The average Bonchev–Trinajstić information content (AvgIpc) is 2.35. The van der Waals surface area contributed by atoms with Crippen molar-refractivity contribution in [3.8, 4) is 6.07 Å². The molecule has 17 heavy (non-hydrogen) atoms. The zero-order chi connectivity index (χ0) is 12.8. The van der Waals surface area contributed by atoms with Crippen molar-refractivity contribution in [1.82, 2.24) is 0 Å². The normalized spacial score (nSPS) is 9.71. The van der Waals surface area contributed by atoms with Gasteiger partial charge in [-0.05, 0) is 25.1 Å². The van der Waals surface area contributed by atoms with Gasteiger partial charge in [0.1, 0.15) is 5.69 Å². The summed E-state index contributed by atoms with van der Waals surface area (Å²) >= 11 is 0. The number of benzene rings is 1. The maximum absolute atomic E-state index is 10.9. The number of nitriles is 1. The number of nitrogens with two attached hydrogens (primary N) is 1. The molecule has 0 radical (unpaired) electrons. The predicted molar refractivity (Wildman–Crippen MR) is 64.8 cm³/mol. The highest BCUT2D eigenvalue weighted by atomic mass is 16.6. The molecule has 2 N–H and O–H groups in total. The van der Waals surface area contributed by atoms with E-state index in [1.54, 1.807) is 24.1 Å². The molecule has 0 bridgehead atoms. The molecular formula is C11H14N4O2. The number of hydrogen-bond donors (Lipinski definition) is 1. The Morgan fingerprint density at radius 2 is 2.29 bits per heavy atom. The maximum atomic E-state index is 10.9. The zero-order valence-electron chi connectivity index (χ0n) is 9.59. The van der Waals surface area contributed by atoms with E-state index in [2.05, 4.69) is 0 Å². The average molecular weight is 234 g/mol. The molecule has 0 atom stereocenters. The Labute approximate surface area is 99.4 Å². The Kier molecular flexibility index (Phi) is 4.43. The Morgan fingerprint density at radius 3 is 2.82 bits per heavy atom. The minimum Gasteiger partial charge on any atom is -0.369 e. The Morgan fingerprint density at radius 1 is 1.59 bits per heavy atom. The number of rotatable bonds is 5. The summed E-state index contributed by atoms with van der Waals surface area (Å²) in [7, 11) is 1.77. The molecule has 0 amide bonds. The lowest BCUT2D eigenvalue weighted by Gasteiger charge is -2.18. The van der Waals surface area contributed by atoms with E-state index >= 15 is 0 Å². The molecule has 0 aliphatic heterocycles. The van der Waals surface area contributed by atoms with E-state index in [-0.39, 0.29) is 11.3 Å². The number of anilines is 1. The number of nitro benzene ring substituents is 1. The van der Waals surface area contributed by atoms with Gasteiger partial charge in [0, 0.05) is 19.7 Å². The first-order valence-electron chi connectivity index (χ1n) is 5.20. The van der Waals surface area contributed by atoms with Crippen molar-refractivity contribution in [3.05, 3.63) is 33.9 Å². The lowest BCUT2D eigenvalue weighted by molar-refractivity contribution is -0.384. The second kappa shape index (κ2) is 5.82. The monoisotopic (exact) mass is 234 g/mol. The minimum atomic E-state index is -0.477. The summed E-state index contributed by atoms with van der Waals surface area (Å²) in [5.74, 6) is 0. The highest BCUT2D eigenvalue weighted by Crippen LogP contribution is 2.28. The van der Waals surface area contributed by atoms with Crippen LogP contribution in [-0.4, -0.2) is 25.1 Å². The molecule has 6 heteroatoms. The van der Waals surface area contributed by atoms with Gasteiger partial charge in [0.2, 0.25) is 0 Å². The van der Waals surface area contributed by atoms with Gasteiger partial charge in [-0.2, -0.15) is 5.26 Å². The van der Waals surface area contributed by atoms with Crippen LogP contribution in [0.5, 0.6) is 0 Å². The van der Waals surface area contributed by atoms with Gasteiger partial charge < -0.3 is 10.6 Å². The van der Waals surface area contributed by atoms with Crippen molar-refractivity contribution in [2.75, 3.05) is 25.0 Å². The first-order chi connectivity index (χ1) is 8.10. The van der Waals surface area contributed by atoms with E-state index in [1.807, 2.05) is 6.07 Å². The van der Waals surface area contributed by atoms with Crippen LogP contribution < -0.4 is 10.6 Å². The van der Waals surface area contributed by atoms with Gasteiger partial charge in [-0.1, -0.05) is 0 Å². The van der Waals surface area contributed by atoms with E-state index in [0.717, 1.165) is 6.42 Å². The molecule has 1 aromatic rings. The van der Waals surface area contributed by atoms with Crippen molar-refractivity contribution in [3.63, 3.8) is 0 Å². The van der Waals surface area contributed by atoms with E-state index in [9.17, 15) is 10.1 Å². The quantitative estimate of drug-likeness (QED) is 0.611. The smallest absolute Gasteiger partial charge is 0.293 e. The van der Waals surface area contributed by atoms with Gasteiger partial charge in [-0.15, -0.1) is 0 Å².